The molecule has 10 nitrogen and oxygen atoms in total. The molecule has 3 aliphatic rings. The lowest BCUT2D eigenvalue weighted by Crippen LogP contribution is -2.32. The van der Waals surface area contributed by atoms with Crippen LogP contribution in [0.1, 0.15) is 73.0 Å². The molecule has 0 aliphatic carbocycles. The summed E-state index contributed by atoms with van der Waals surface area (Å²) < 4.78 is 1.96. The number of hydrogen-bond donors (Lipinski definition) is 3. The van der Waals surface area contributed by atoms with Gasteiger partial charge in [-0.3, -0.25) is 19.2 Å². The Bertz CT molecular complexity index is 1780. The predicted molar refractivity (Wildman–Crippen MR) is 176 cm³/mol. The van der Waals surface area contributed by atoms with E-state index < -0.39 is 0 Å². The maximum Gasteiger partial charge on any atom is 0.284 e. The summed E-state index contributed by atoms with van der Waals surface area (Å²) in [6.07, 6.45) is 3.37. The van der Waals surface area contributed by atoms with Gasteiger partial charge in [0.2, 0.25) is 0 Å². The lowest BCUT2D eigenvalue weighted by molar-refractivity contribution is 0.101. The smallest absolute Gasteiger partial charge is 0.284 e. The van der Waals surface area contributed by atoms with Crippen molar-refractivity contribution in [2.45, 2.75) is 64.8 Å². The number of hydrogen-bond acceptors (Lipinski definition) is 8. The molecule has 3 aliphatic heterocycles. The maximum absolute atomic E-state index is 13.5. The number of aromatic nitrogens is 3. The fourth-order valence-corrected chi connectivity index (χ4v) is 7.98. The molecule has 2 aromatic carbocycles. The van der Waals surface area contributed by atoms with Crippen molar-refractivity contribution in [2.75, 3.05) is 37.3 Å². The Kier molecular flexibility index (Phi) is 8.03. The third-order valence-corrected chi connectivity index (χ3v) is 10.5. The number of aliphatic hydroxyl groups excluding tert-OH is 1. The first-order valence-corrected chi connectivity index (χ1v) is 16.6. The maximum atomic E-state index is 13.5. The van der Waals surface area contributed by atoms with Crippen LogP contribution in [-0.4, -0.2) is 74.3 Å². The fourth-order valence-electron chi connectivity index (χ4n) is 6.90. The first kappa shape index (κ1) is 29.8. The number of aliphatic hydroxyl groups is 1. The van der Waals surface area contributed by atoms with Crippen molar-refractivity contribution in [2.24, 2.45) is 0 Å². The van der Waals surface area contributed by atoms with Crippen LogP contribution >= 0.6 is 11.3 Å². The number of β-amino-alcohol motifs (C(OH)–C–C–N with tert-alkyl or cyclic N) is 1. The van der Waals surface area contributed by atoms with E-state index in [9.17, 15) is 14.7 Å². The summed E-state index contributed by atoms with van der Waals surface area (Å²) in [7, 11) is 2.09. The van der Waals surface area contributed by atoms with Gasteiger partial charge in [-0.2, -0.15) is 5.10 Å². The van der Waals surface area contributed by atoms with Gasteiger partial charge in [-0.05, 0) is 80.6 Å². The highest BCUT2D eigenvalue weighted by Crippen LogP contribution is 2.36. The van der Waals surface area contributed by atoms with Gasteiger partial charge < -0.3 is 20.6 Å². The average molecular weight is 626 g/mol. The third kappa shape index (κ3) is 5.81. The number of rotatable bonds is 6. The second-order valence-corrected chi connectivity index (χ2v) is 13.6. The highest BCUT2D eigenvalue weighted by Gasteiger charge is 2.33. The molecule has 7 rings (SSSR count). The van der Waals surface area contributed by atoms with Crippen LogP contribution in [0.3, 0.4) is 0 Å². The van der Waals surface area contributed by atoms with Crippen LogP contribution in [0.25, 0.3) is 11.1 Å². The number of benzene rings is 2. The Labute approximate surface area is 267 Å². The van der Waals surface area contributed by atoms with Gasteiger partial charge in [0.15, 0.2) is 10.7 Å². The topological polar surface area (TPSA) is 116 Å². The van der Waals surface area contributed by atoms with E-state index in [0.717, 1.165) is 102 Å². The second-order valence-electron chi connectivity index (χ2n) is 12.5. The van der Waals surface area contributed by atoms with Crippen LogP contribution in [0.2, 0.25) is 0 Å². The molecule has 4 aromatic rings. The summed E-state index contributed by atoms with van der Waals surface area (Å²) in [6.45, 7) is 8.10. The standard InChI is InChI=1S/C34H39N7O3S/c1-20-23(24-8-5-10-26(21(24)2)36-33(44)34-37-27-13-15-39(3)19-31(27)45-34)7-4-9-25(20)35-32(43)28-17-30-29(11-6-14-41(30)38-28)40-16-12-22(42)18-40/h4-5,7-10,17,22,29,42H,6,11-16,18-19H2,1-3H3,(H,35,43)(H,36,44)/t22-,29?/m1/s1. The minimum Gasteiger partial charge on any atom is -0.392 e. The van der Waals surface area contributed by atoms with Crippen LogP contribution in [0.15, 0.2) is 42.5 Å². The largest absolute Gasteiger partial charge is 0.392 e. The summed E-state index contributed by atoms with van der Waals surface area (Å²) >= 11 is 1.47. The van der Waals surface area contributed by atoms with Crippen molar-refractivity contribution in [1.29, 1.82) is 0 Å². The zero-order valence-corrected chi connectivity index (χ0v) is 26.8. The monoisotopic (exact) mass is 625 g/mol. The molecule has 0 radical (unpaired) electrons. The van der Waals surface area contributed by atoms with Gasteiger partial charge in [0.1, 0.15) is 0 Å². The van der Waals surface area contributed by atoms with E-state index in [4.69, 9.17) is 0 Å². The molecule has 1 fully saturated rings. The van der Waals surface area contributed by atoms with Crippen LogP contribution in [0, 0.1) is 13.8 Å². The van der Waals surface area contributed by atoms with Crippen LogP contribution in [-0.2, 0) is 19.5 Å². The lowest BCUT2D eigenvalue weighted by Gasteiger charge is -2.31. The Balaban J connectivity index is 1.09. The highest BCUT2D eigenvalue weighted by atomic mass is 32.1. The van der Waals surface area contributed by atoms with E-state index in [1.807, 2.05) is 61.0 Å². The van der Waals surface area contributed by atoms with E-state index in [1.54, 1.807) is 0 Å². The number of nitrogens with one attached hydrogen (secondary N) is 2. The molecule has 11 heteroatoms. The molecular weight excluding hydrogens is 586 g/mol. The second kappa shape index (κ2) is 12.1. The van der Waals surface area contributed by atoms with Crippen molar-refractivity contribution >= 4 is 34.5 Å². The van der Waals surface area contributed by atoms with E-state index in [2.05, 4.69) is 37.6 Å². The molecule has 0 spiro atoms. The number of likely N-dealkylation sites (N-methyl/N-ethyl adjacent to an activating group) is 1. The van der Waals surface area contributed by atoms with Gasteiger partial charge in [0.05, 0.1) is 23.5 Å². The zero-order chi connectivity index (χ0) is 31.2. The van der Waals surface area contributed by atoms with Gasteiger partial charge in [0.25, 0.3) is 11.8 Å². The van der Waals surface area contributed by atoms with E-state index in [-0.39, 0.29) is 24.0 Å². The van der Waals surface area contributed by atoms with E-state index in [0.29, 0.717) is 17.2 Å². The molecule has 3 N–H and O–H groups in total. The van der Waals surface area contributed by atoms with Gasteiger partial charge in [0, 0.05) is 55.4 Å². The quantitative estimate of drug-likeness (QED) is 0.276. The number of carbonyl (C=O) groups is 2. The van der Waals surface area contributed by atoms with Crippen molar-refractivity contribution in [1.82, 2.24) is 24.6 Å². The van der Waals surface area contributed by atoms with Crippen molar-refractivity contribution in [3.05, 3.63) is 80.6 Å². The third-order valence-electron chi connectivity index (χ3n) is 9.44. The Morgan fingerprint density at radius 2 is 1.67 bits per heavy atom. The molecule has 1 saturated heterocycles. The molecule has 0 saturated carbocycles. The van der Waals surface area contributed by atoms with Crippen LogP contribution in [0.4, 0.5) is 11.4 Å². The minimum atomic E-state index is -0.285. The van der Waals surface area contributed by atoms with Crippen molar-refractivity contribution in [3.8, 4) is 11.1 Å². The molecule has 2 atom stereocenters. The number of likely N-dealkylation sites (tertiary alicyclic amines) is 1. The molecule has 2 amide bonds. The lowest BCUT2D eigenvalue weighted by atomic mass is 9.94. The predicted octanol–water partition coefficient (Wildman–Crippen LogP) is 5.02. The molecule has 234 valence electrons. The molecule has 1 unspecified atom stereocenters. The van der Waals surface area contributed by atoms with Crippen molar-refractivity contribution in [3.63, 3.8) is 0 Å². The van der Waals surface area contributed by atoms with E-state index >= 15 is 0 Å². The molecule has 2 aromatic heterocycles. The van der Waals surface area contributed by atoms with Gasteiger partial charge in [-0.25, -0.2) is 4.98 Å². The molecule has 5 heterocycles. The number of amides is 2. The average Bonchev–Trinajstić information content (AvgIpc) is 3.77. The van der Waals surface area contributed by atoms with Gasteiger partial charge in [-0.1, -0.05) is 24.3 Å². The molecule has 0 bridgehead atoms. The Morgan fingerprint density at radius 1 is 0.956 bits per heavy atom. The normalized spacial score (nSPS) is 20.1. The zero-order valence-electron chi connectivity index (χ0n) is 26.0. The first-order valence-electron chi connectivity index (χ1n) is 15.7. The SMILES string of the molecule is Cc1c(NC(=O)c2cc3n(n2)CCCC3N2CC[C@@H](O)C2)cccc1-c1cccc(NC(=O)c2nc3c(s2)CN(C)CC3)c1C. The highest BCUT2D eigenvalue weighted by molar-refractivity contribution is 7.13. The number of fused-ring (bicyclic) bond motifs is 2. The number of nitrogens with zero attached hydrogens (tertiary/aromatic N) is 5. The molecule has 45 heavy (non-hydrogen) atoms. The van der Waals surface area contributed by atoms with Crippen LogP contribution < -0.4 is 10.6 Å². The Morgan fingerprint density at radius 3 is 2.36 bits per heavy atom. The number of thiazole rings is 1. The summed E-state index contributed by atoms with van der Waals surface area (Å²) in [5.41, 5.74) is 7.77. The number of anilines is 2. The summed E-state index contributed by atoms with van der Waals surface area (Å²) in [5, 5.41) is 21.4. The van der Waals surface area contributed by atoms with Gasteiger partial charge in [-0.15, -0.1) is 11.3 Å². The van der Waals surface area contributed by atoms with Crippen molar-refractivity contribution < 1.29 is 14.7 Å². The number of carbonyl (C=O) groups excluding carboxylic acids is 2. The van der Waals surface area contributed by atoms with E-state index in [1.165, 1.54) is 11.3 Å². The Hall–Kier alpha value is -3.90. The minimum absolute atomic E-state index is 0.174. The summed E-state index contributed by atoms with van der Waals surface area (Å²) in [6, 6.07) is 13.9. The fraction of sp³-hybridized carbons (Fsp3) is 0.412. The van der Waals surface area contributed by atoms with Crippen LogP contribution in [0.5, 0.6) is 0 Å². The summed E-state index contributed by atoms with van der Waals surface area (Å²) in [4.78, 5) is 37.1. The number of aryl methyl sites for hydroxylation is 1. The van der Waals surface area contributed by atoms with Gasteiger partial charge >= 0.3 is 0 Å². The summed E-state index contributed by atoms with van der Waals surface area (Å²) in [5.74, 6) is -0.437. The molecular formula is C34H39N7O3S. The first-order chi connectivity index (χ1) is 21.7.